The highest BCUT2D eigenvalue weighted by Crippen LogP contribution is 2.25. The SMILES string of the molecule is CC(C)(C)c1ccc(O/C=C/COc2ccc(C(C)(C)C)cc2)cc1. The van der Waals surface area contributed by atoms with E-state index in [2.05, 4.69) is 65.8 Å². The number of ether oxygens (including phenoxy) is 2. The maximum atomic E-state index is 5.71. The number of rotatable bonds is 5. The molecule has 0 N–H and O–H groups in total. The van der Waals surface area contributed by atoms with Gasteiger partial charge in [0, 0.05) is 0 Å². The van der Waals surface area contributed by atoms with Gasteiger partial charge in [-0.3, -0.25) is 0 Å². The van der Waals surface area contributed by atoms with Gasteiger partial charge in [0.25, 0.3) is 0 Å². The van der Waals surface area contributed by atoms with E-state index in [0.717, 1.165) is 11.5 Å². The Hall–Kier alpha value is -2.22. The summed E-state index contributed by atoms with van der Waals surface area (Å²) in [5.74, 6) is 1.70. The van der Waals surface area contributed by atoms with Crippen molar-refractivity contribution in [1.82, 2.24) is 0 Å². The van der Waals surface area contributed by atoms with Crippen LogP contribution in [0.2, 0.25) is 0 Å². The molecule has 0 aromatic heterocycles. The fourth-order valence-electron chi connectivity index (χ4n) is 2.39. The second kappa shape index (κ2) is 7.77. The fraction of sp³-hybridized carbons (Fsp3) is 0.391. The Morgan fingerprint density at radius 2 is 1.12 bits per heavy atom. The summed E-state index contributed by atoms with van der Waals surface area (Å²) in [5, 5.41) is 0. The molecule has 0 saturated heterocycles. The van der Waals surface area contributed by atoms with Gasteiger partial charge in [-0.15, -0.1) is 0 Å². The first-order valence-corrected chi connectivity index (χ1v) is 8.82. The second-order valence-electron chi connectivity index (χ2n) is 8.35. The predicted molar refractivity (Wildman–Crippen MR) is 106 cm³/mol. The average molecular weight is 338 g/mol. The Bertz CT molecular complexity index is 681. The van der Waals surface area contributed by atoms with Gasteiger partial charge in [-0.2, -0.15) is 0 Å². The van der Waals surface area contributed by atoms with E-state index >= 15 is 0 Å². The molecule has 0 aliphatic heterocycles. The lowest BCUT2D eigenvalue weighted by molar-refractivity contribution is 0.357. The summed E-state index contributed by atoms with van der Waals surface area (Å²) in [7, 11) is 0. The van der Waals surface area contributed by atoms with Crippen LogP contribution in [-0.2, 0) is 10.8 Å². The highest BCUT2D eigenvalue weighted by Gasteiger charge is 2.13. The van der Waals surface area contributed by atoms with Crippen molar-refractivity contribution in [2.45, 2.75) is 52.4 Å². The first-order valence-electron chi connectivity index (χ1n) is 8.82. The number of hydrogen-bond acceptors (Lipinski definition) is 2. The predicted octanol–water partition coefficient (Wildman–Crippen LogP) is 6.25. The molecule has 0 amide bonds. The van der Waals surface area contributed by atoms with E-state index in [1.807, 2.05) is 30.3 Å². The summed E-state index contributed by atoms with van der Waals surface area (Å²) in [4.78, 5) is 0. The molecule has 0 aliphatic rings. The van der Waals surface area contributed by atoms with Crippen LogP contribution in [0.3, 0.4) is 0 Å². The van der Waals surface area contributed by atoms with E-state index in [9.17, 15) is 0 Å². The van der Waals surface area contributed by atoms with Crippen molar-refractivity contribution in [3.05, 3.63) is 72.0 Å². The van der Waals surface area contributed by atoms with Gasteiger partial charge in [0.15, 0.2) is 0 Å². The average Bonchev–Trinajstić information content (AvgIpc) is 2.54. The Balaban J connectivity index is 1.80. The van der Waals surface area contributed by atoms with Crippen LogP contribution in [0.25, 0.3) is 0 Å². The van der Waals surface area contributed by atoms with Crippen molar-refractivity contribution in [2.75, 3.05) is 6.61 Å². The molecule has 0 bridgehead atoms. The third-order valence-electron chi connectivity index (χ3n) is 4.09. The summed E-state index contributed by atoms with van der Waals surface area (Å²) in [5.41, 5.74) is 2.92. The van der Waals surface area contributed by atoms with Crippen LogP contribution in [-0.4, -0.2) is 6.61 Å². The van der Waals surface area contributed by atoms with Crippen LogP contribution >= 0.6 is 0 Å². The molecule has 0 unspecified atom stereocenters. The van der Waals surface area contributed by atoms with E-state index < -0.39 is 0 Å². The van der Waals surface area contributed by atoms with Crippen molar-refractivity contribution in [3.63, 3.8) is 0 Å². The van der Waals surface area contributed by atoms with Gasteiger partial charge in [-0.1, -0.05) is 65.8 Å². The molecule has 0 saturated carbocycles. The smallest absolute Gasteiger partial charge is 0.126 e. The zero-order valence-corrected chi connectivity index (χ0v) is 16.3. The van der Waals surface area contributed by atoms with Gasteiger partial charge >= 0.3 is 0 Å². The van der Waals surface area contributed by atoms with Gasteiger partial charge < -0.3 is 9.47 Å². The van der Waals surface area contributed by atoms with E-state index in [1.54, 1.807) is 6.26 Å². The lowest BCUT2D eigenvalue weighted by Gasteiger charge is -2.19. The van der Waals surface area contributed by atoms with Gasteiger partial charge in [-0.05, 0) is 52.3 Å². The molecule has 0 spiro atoms. The van der Waals surface area contributed by atoms with E-state index in [4.69, 9.17) is 9.47 Å². The first-order chi connectivity index (χ1) is 11.7. The molecule has 2 heteroatoms. The maximum absolute atomic E-state index is 5.71. The van der Waals surface area contributed by atoms with E-state index in [0.29, 0.717) is 6.61 Å². The Kier molecular flexibility index (Phi) is 5.94. The number of benzene rings is 2. The van der Waals surface area contributed by atoms with Crippen molar-refractivity contribution in [3.8, 4) is 11.5 Å². The molecule has 2 aromatic carbocycles. The van der Waals surface area contributed by atoms with Gasteiger partial charge in [0.1, 0.15) is 18.1 Å². The topological polar surface area (TPSA) is 18.5 Å². The lowest BCUT2D eigenvalue weighted by atomic mass is 9.87. The van der Waals surface area contributed by atoms with Crippen molar-refractivity contribution >= 4 is 0 Å². The number of hydrogen-bond donors (Lipinski definition) is 0. The van der Waals surface area contributed by atoms with E-state index in [1.165, 1.54) is 11.1 Å². The third kappa shape index (κ3) is 5.97. The molecular weight excluding hydrogens is 308 g/mol. The van der Waals surface area contributed by atoms with Gasteiger partial charge in [0.2, 0.25) is 0 Å². The summed E-state index contributed by atoms with van der Waals surface area (Å²) in [6, 6.07) is 16.5. The molecular formula is C23H30O2. The molecule has 2 aromatic rings. The largest absolute Gasteiger partial charge is 0.489 e. The second-order valence-corrected chi connectivity index (χ2v) is 8.35. The van der Waals surface area contributed by atoms with Crippen LogP contribution in [0.5, 0.6) is 11.5 Å². The summed E-state index contributed by atoms with van der Waals surface area (Å²) >= 11 is 0. The molecule has 2 rings (SSSR count). The summed E-state index contributed by atoms with van der Waals surface area (Å²) in [6.07, 6.45) is 3.55. The molecule has 0 radical (unpaired) electrons. The minimum atomic E-state index is 0.157. The normalized spacial score (nSPS) is 12.4. The third-order valence-corrected chi connectivity index (χ3v) is 4.09. The summed E-state index contributed by atoms with van der Waals surface area (Å²) in [6.45, 7) is 13.7. The molecule has 0 fully saturated rings. The Morgan fingerprint density at radius 3 is 1.56 bits per heavy atom. The van der Waals surface area contributed by atoms with Crippen LogP contribution in [0.15, 0.2) is 60.9 Å². The highest BCUT2D eigenvalue weighted by molar-refractivity contribution is 5.32. The zero-order valence-electron chi connectivity index (χ0n) is 16.3. The lowest BCUT2D eigenvalue weighted by Crippen LogP contribution is -2.10. The standard InChI is InChI=1S/C23H30O2/c1-22(2,3)18-8-12-20(13-9-18)24-16-7-17-25-21-14-10-19(11-15-21)23(4,5)6/h7-16H,17H2,1-6H3/b16-7+. The van der Waals surface area contributed by atoms with Crippen LogP contribution in [0, 0.1) is 0 Å². The minimum absolute atomic E-state index is 0.157. The molecule has 2 nitrogen and oxygen atoms in total. The molecule has 134 valence electrons. The molecule has 0 aliphatic carbocycles. The quantitative estimate of drug-likeness (QED) is 0.600. The minimum Gasteiger partial charge on any atom is -0.489 e. The van der Waals surface area contributed by atoms with Crippen molar-refractivity contribution in [2.24, 2.45) is 0 Å². The fourth-order valence-corrected chi connectivity index (χ4v) is 2.39. The van der Waals surface area contributed by atoms with Gasteiger partial charge in [-0.25, -0.2) is 0 Å². The van der Waals surface area contributed by atoms with Crippen molar-refractivity contribution < 1.29 is 9.47 Å². The first kappa shape index (κ1) is 19.1. The van der Waals surface area contributed by atoms with Gasteiger partial charge in [0.05, 0.1) is 6.26 Å². The molecule has 0 heterocycles. The molecule has 0 atom stereocenters. The summed E-state index contributed by atoms with van der Waals surface area (Å²) < 4.78 is 11.3. The molecule has 25 heavy (non-hydrogen) atoms. The zero-order chi connectivity index (χ0) is 18.5. The van der Waals surface area contributed by atoms with Crippen LogP contribution in [0.1, 0.15) is 52.7 Å². The monoisotopic (exact) mass is 338 g/mol. The maximum Gasteiger partial charge on any atom is 0.126 e. The highest BCUT2D eigenvalue weighted by atomic mass is 16.5. The Labute approximate surface area is 152 Å². The van der Waals surface area contributed by atoms with Crippen LogP contribution in [0.4, 0.5) is 0 Å². The van der Waals surface area contributed by atoms with Crippen LogP contribution < -0.4 is 9.47 Å². The van der Waals surface area contributed by atoms with E-state index in [-0.39, 0.29) is 10.8 Å². The van der Waals surface area contributed by atoms with Crippen molar-refractivity contribution in [1.29, 1.82) is 0 Å². The Morgan fingerprint density at radius 1 is 0.680 bits per heavy atom.